The Labute approximate surface area is 117 Å². The third kappa shape index (κ3) is 3.12. The molecular formula is C12H11BrF2N4. The van der Waals surface area contributed by atoms with E-state index < -0.39 is 17.7 Å². The molecule has 1 heterocycles. The molecule has 0 spiro atoms. The third-order valence-electron chi connectivity index (χ3n) is 2.65. The van der Waals surface area contributed by atoms with Gasteiger partial charge in [-0.15, -0.1) is 0 Å². The van der Waals surface area contributed by atoms with Gasteiger partial charge in [-0.2, -0.15) is 0 Å². The zero-order chi connectivity index (χ0) is 13.8. The average molecular weight is 329 g/mol. The van der Waals surface area contributed by atoms with E-state index in [0.717, 1.165) is 0 Å². The van der Waals surface area contributed by atoms with Crippen LogP contribution in [0.3, 0.4) is 0 Å². The molecule has 7 heteroatoms. The van der Waals surface area contributed by atoms with E-state index in [-0.39, 0.29) is 16.5 Å². The number of rotatable bonds is 4. The molecule has 3 N–H and O–H groups in total. The topological polar surface area (TPSA) is 63.8 Å². The van der Waals surface area contributed by atoms with Gasteiger partial charge in [-0.25, -0.2) is 24.2 Å². The molecule has 2 aromatic rings. The predicted octanol–water partition coefficient (Wildman–Crippen LogP) is 2.26. The Morgan fingerprint density at radius 2 is 1.95 bits per heavy atom. The van der Waals surface area contributed by atoms with Crippen LogP contribution in [0.1, 0.15) is 17.4 Å². The van der Waals surface area contributed by atoms with E-state index in [1.165, 1.54) is 12.1 Å². The van der Waals surface area contributed by atoms with Gasteiger partial charge in [-0.1, -0.05) is 0 Å². The normalized spacial score (nSPS) is 12.4. The lowest BCUT2D eigenvalue weighted by molar-refractivity contribution is 0.482. The van der Waals surface area contributed by atoms with Crippen LogP contribution in [-0.2, 0) is 6.42 Å². The fourth-order valence-electron chi connectivity index (χ4n) is 1.68. The van der Waals surface area contributed by atoms with Gasteiger partial charge in [0.05, 0.1) is 10.5 Å². The van der Waals surface area contributed by atoms with Crippen molar-refractivity contribution in [2.24, 2.45) is 5.84 Å². The molecule has 1 unspecified atom stereocenters. The van der Waals surface area contributed by atoms with Gasteiger partial charge < -0.3 is 0 Å². The SMILES string of the molecule is NNC(Cc1c(F)ccc(Br)c1F)c1ncccn1. The maximum Gasteiger partial charge on any atom is 0.146 e. The molecule has 0 aliphatic carbocycles. The number of hydrogen-bond acceptors (Lipinski definition) is 4. The number of hydrazine groups is 1. The average Bonchev–Trinajstić information content (AvgIpc) is 2.44. The monoisotopic (exact) mass is 328 g/mol. The molecule has 19 heavy (non-hydrogen) atoms. The summed E-state index contributed by atoms with van der Waals surface area (Å²) in [7, 11) is 0. The van der Waals surface area contributed by atoms with E-state index in [1.807, 2.05) is 0 Å². The molecule has 1 atom stereocenters. The molecule has 0 amide bonds. The second kappa shape index (κ2) is 6.14. The number of nitrogens with one attached hydrogen (secondary N) is 1. The van der Waals surface area contributed by atoms with Gasteiger partial charge in [0, 0.05) is 24.4 Å². The van der Waals surface area contributed by atoms with Crippen LogP contribution >= 0.6 is 15.9 Å². The molecular weight excluding hydrogens is 318 g/mol. The number of benzene rings is 1. The molecule has 0 saturated carbocycles. The van der Waals surface area contributed by atoms with Gasteiger partial charge in [-0.05, 0) is 34.1 Å². The number of nitrogens with zero attached hydrogens (tertiary/aromatic N) is 2. The Hall–Kier alpha value is -1.44. The first-order chi connectivity index (χ1) is 9.13. The highest BCUT2D eigenvalue weighted by atomic mass is 79.9. The molecule has 4 nitrogen and oxygen atoms in total. The largest absolute Gasteiger partial charge is 0.271 e. The summed E-state index contributed by atoms with van der Waals surface area (Å²) < 4.78 is 27.8. The first-order valence-electron chi connectivity index (χ1n) is 5.49. The highest BCUT2D eigenvalue weighted by Crippen LogP contribution is 2.25. The molecule has 2 rings (SSSR count). The minimum atomic E-state index is -0.642. The van der Waals surface area contributed by atoms with Gasteiger partial charge in [0.25, 0.3) is 0 Å². The standard InChI is InChI=1S/C12H11BrF2N4/c13-8-2-3-9(14)7(11(8)15)6-10(19-16)12-17-4-1-5-18-12/h1-5,10,19H,6,16H2. The predicted molar refractivity (Wildman–Crippen MR) is 69.9 cm³/mol. The Kier molecular flexibility index (Phi) is 4.52. The molecule has 0 aliphatic rings. The van der Waals surface area contributed by atoms with Crippen molar-refractivity contribution < 1.29 is 8.78 Å². The zero-order valence-corrected chi connectivity index (χ0v) is 11.4. The molecule has 0 aliphatic heterocycles. The Morgan fingerprint density at radius 1 is 1.26 bits per heavy atom. The van der Waals surface area contributed by atoms with Gasteiger partial charge in [0.2, 0.25) is 0 Å². The van der Waals surface area contributed by atoms with Crippen LogP contribution in [0.25, 0.3) is 0 Å². The quantitative estimate of drug-likeness (QED) is 0.513. The third-order valence-corrected chi connectivity index (χ3v) is 3.26. The summed E-state index contributed by atoms with van der Waals surface area (Å²) in [4.78, 5) is 8.04. The van der Waals surface area contributed by atoms with Gasteiger partial charge in [-0.3, -0.25) is 5.84 Å². The van der Waals surface area contributed by atoms with Crippen molar-refractivity contribution in [2.45, 2.75) is 12.5 Å². The molecule has 0 bridgehead atoms. The van der Waals surface area contributed by atoms with Crippen molar-refractivity contribution in [1.29, 1.82) is 0 Å². The molecule has 0 saturated heterocycles. The van der Waals surface area contributed by atoms with Gasteiger partial charge in [0.15, 0.2) is 0 Å². The van der Waals surface area contributed by atoms with Crippen LogP contribution in [-0.4, -0.2) is 9.97 Å². The molecule has 1 aromatic carbocycles. The van der Waals surface area contributed by atoms with Gasteiger partial charge >= 0.3 is 0 Å². The zero-order valence-electron chi connectivity index (χ0n) is 9.78. The van der Waals surface area contributed by atoms with Crippen molar-refractivity contribution in [3.05, 3.63) is 58.1 Å². The van der Waals surface area contributed by atoms with Crippen LogP contribution in [0.5, 0.6) is 0 Å². The van der Waals surface area contributed by atoms with E-state index in [9.17, 15) is 8.78 Å². The maximum absolute atomic E-state index is 13.9. The molecule has 0 radical (unpaired) electrons. The van der Waals surface area contributed by atoms with E-state index in [0.29, 0.717) is 5.82 Å². The summed E-state index contributed by atoms with van der Waals surface area (Å²) in [6.07, 6.45) is 3.10. The number of halogens is 3. The van der Waals surface area contributed by atoms with Crippen LogP contribution in [0, 0.1) is 11.6 Å². The summed E-state index contributed by atoms with van der Waals surface area (Å²) in [5.41, 5.74) is 2.40. The lowest BCUT2D eigenvalue weighted by Gasteiger charge is -2.15. The number of hydrogen-bond donors (Lipinski definition) is 2. The summed E-state index contributed by atoms with van der Waals surface area (Å²) in [6.45, 7) is 0. The van der Waals surface area contributed by atoms with Crippen molar-refractivity contribution in [3.8, 4) is 0 Å². The van der Waals surface area contributed by atoms with Crippen molar-refractivity contribution in [1.82, 2.24) is 15.4 Å². The summed E-state index contributed by atoms with van der Waals surface area (Å²) in [5, 5.41) is 0. The minimum Gasteiger partial charge on any atom is -0.271 e. The van der Waals surface area contributed by atoms with Crippen molar-refractivity contribution >= 4 is 15.9 Å². The molecule has 0 fully saturated rings. The Morgan fingerprint density at radius 3 is 2.58 bits per heavy atom. The second-order valence-electron chi connectivity index (χ2n) is 3.85. The Balaban J connectivity index is 2.32. The fourth-order valence-corrected chi connectivity index (χ4v) is 2.05. The maximum atomic E-state index is 13.9. The first-order valence-corrected chi connectivity index (χ1v) is 6.28. The van der Waals surface area contributed by atoms with Gasteiger partial charge in [0.1, 0.15) is 17.5 Å². The summed E-state index contributed by atoms with van der Waals surface area (Å²) in [5.74, 6) is 4.51. The molecule has 100 valence electrons. The lowest BCUT2D eigenvalue weighted by Crippen LogP contribution is -2.31. The minimum absolute atomic E-state index is 0.0115. The van der Waals surface area contributed by atoms with E-state index in [2.05, 4.69) is 31.3 Å². The van der Waals surface area contributed by atoms with Crippen molar-refractivity contribution in [3.63, 3.8) is 0 Å². The van der Waals surface area contributed by atoms with E-state index in [1.54, 1.807) is 18.5 Å². The van der Waals surface area contributed by atoms with Crippen LogP contribution in [0.15, 0.2) is 35.1 Å². The summed E-state index contributed by atoms with van der Waals surface area (Å²) >= 11 is 3.02. The highest BCUT2D eigenvalue weighted by molar-refractivity contribution is 9.10. The number of nitrogens with two attached hydrogens (primary N) is 1. The second-order valence-corrected chi connectivity index (χ2v) is 4.71. The fraction of sp³-hybridized carbons (Fsp3) is 0.167. The molecule has 1 aromatic heterocycles. The van der Waals surface area contributed by atoms with E-state index >= 15 is 0 Å². The van der Waals surface area contributed by atoms with Crippen molar-refractivity contribution in [2.75, 3.05) is 0 Å². The summed E-state index contributed by atoms with van der Waals surface area (Å²) in [6, 6.07) is 3.59. The van der Waals surface area contributed by atoms with Crippen LogP contribution in [0.2, 0.25) is 0 Å². The van der Waals surface area contributed by atoms with E-state index in [4.69, 9.17) is 5.84 Å². The highest BCUT2D eigenvalue weighted by Gasteiger charge is 2.19. The number of aromatic nitrogens is 2. The smallest absolute Gasteiger partial charge is 0.146 e. The van der Waals surface area contributed by atoms with Crippen LogP contribution < -0.4 is 11.3 Å². The first kappa shape index (κ1) is 14.0. The lowest BCUT2D eigenvalue weighted by atomic mass is 10.0. The Bertz CT molecular complexity index is 565. The van der Waals surface area contributed by atoms with Crippen LogP contribution in [0.4, 0.5) is 8.78 Å².